The predicted octanol–water partition coefficient (Wildman–Crippen LogP) is 3.04. The number of ether oxygens (including phenoxy) is 1. The van der Waals surface area contributed by atoms with Crippen molar-refractivity contribution in [3.63, 3.8) is 0 Å². The van der Waals surface area contributed by atoms with Crippen LogP contribution in [0.2, 0.25) is 0 Å². The van der Waals surface area contributed by atoms with Crippen molar-refractivity contribution in [1.82, 2.24) is 15.5 Å². The van der Waals surface area contributed by atoms with Crippen molar-refractivity contribution in [2.45, 2.75) is 50.7 Å². The Balaban J connectivity index is 1.31. The molecule has 2 aliphatic rings. The number of imide groups is 1. The van der Waals surface area contributed by atoms with Crippen LogP contribution in [0.5, 0.6) is 0 Å². The Morgan fingerprint density at radius 2 is 1.75 bits per heavy atom. The van der Waals surface area contributed by atoms with Crippen LogP contribution in [0.25, 0.3) is 0 Å². The largest absolute Gasteiger partial charge is 0.381 e. The van der Waals surface area contributed by atoms with E-state index in [-0.39, 0.29) is 30.4 Å². The van der Waals surface area contributed by atoms with E-state index in [0.29, 0.717) is 31.6 Å². The first-order valence-electron chi connectivity index (χ1n) is 11.1. The Morgan fingerprint density at radius 3 is 2.44 bits per heavy atom. The number of aryl methyl sites for hydroxylation is 1. The molecule has 0 radical (unpaired) electrons. The van der Waals surface area contributed by atoms with E-state index in [9.17, 15) is 14.4 Å². The van der Waals surface area contributed by atoms with Crippen LogP contribution in [0.1, 0.15) is 47.7 Å². The number of rotatable bonds is 7. The molecule has 1 spiro atoms. The number of nitrogens with zero attached hydrogens (tertiary/aromatic N) is 1. The second-order valence-corrected chi connectivity index (χ2v) is 8.61. The smallest absolute Gasteiger partial charge is 0.325 e. The molecule has 0 bridgehead atoms. The standard InChI is InChI=1S/C25H29N3O4/c1-18(7-8-19-5-3-2-4-6-19)26-22(29)21-11-9-20(10-12-21)17-28-23(30)25(27-24(28)31)13-15-32-16-14-25/h2-6,9-12,18H,7-8,13-17H2,1H3,(H,26,29)(H,27,31)/t18-/m1/s1. The maximum atomic E-state index is 12.9. The first kappa shape index (κ1) is 22.0. The van der Waals surface area contributed by atoms with Crippen LogP contribution >= 0.6 is 0 Å². The van der Waals surface area contributed by atoms with Crippen molar-refractivity contribution in [2.75, 3.05) is 13.2 Å². The van der Waals surface area contributed by atoms with Crippen LogP contribution in [0, 0.1) is 0 Å². The molecule has 2 saturated heterocycles. The number of benzene rings is 2. The van der Waals surface area contributed by atoms with E-state index in [1.807, 2.05) is 25.1 Å². The van der Waals surface area contributed by atoms with Gasteiger partial charge < -0.3 is 15.4 Å². The van der Waals surface area contributed by atoms with Gasteiger partial charge in [0, 0.05) is 37.7 Å². The van der Waals surface area contributed by atoms with Gasteiger partial charge >= 0.3 is 6.03 Å². The lowest BCUT2D eigenvalue weighted by Gasteiger charge is -2.30. The van der Waals surface area contributed by atoms with Gasteiger partial charge in [0.15, 0.2) is 0 Å². The summed E-state index contributed by atoms with van der Waals surface area (Å²) in [7, 11) is 0. The quantitative estimate of drug-likeness (QED) is 0.655. The number of hydrogen-bond acceptors (Lipinski definition) is 4. The van der Waals surface area contributed by atoms with Gasteiger partial charge in [0.2, 0.25) is 0 Å². The number of urea groups is 1. The monoisotopic (exact) mass is 435 g/mol. The van der Waals surface area contributed by atoms with Gasteiger partial charge in [-0.2, -0.15) is 0 Å². The fourth-order valence-corrected chi connectivity index (χ4v) is 4.23. The molecule has 7 nitrogen and oxygen atoms in total. The molecule has 0 aliphatic carbocycles. The van der Waals surface area contributed by atoms with E-state index in [2.05, 4.69) is 22.8 Å². The summed E-state index contributed by atoms with van der Waals surface area (Å²) in [5.41, 5.74) is 1.77. The second kappa shape index (κ2) is 9.53. The third-order valence-corrected chi connectivity index (χ3v) is 6.24. The number of hydrogen-bond donors (Lipinski definition) is 2. The molecule has 32 heavy (non-hydrogen) atoms. The van der Waals surface area contributed by atoms with Crippen molar-refractivity contribution < 1.29 is 19.1 Å². The number of amides is 4. The summed E-state index contributed by atoms with van der Waals surface area (Å²) in [6.07, 6.45) is 2.75. The minimum absolute atomic E-state index is 0.0453. The Morgan fingerprint density at radius 1 is 1.06 bits per heavy atom. The zero-order valence-electron chi connectivity index (χ0n) is 18.3. The molecule has 2 aromatic rings. The van der Waals surface area contributed by atoms with Crippen molar-refractivity contribution in [1.29, 1.82) is 0 Å². The van der Waals surface area contributed by atoms with Gasteiger partial charge in [0.1, 0.15) is 5.54 Å². The summed E-state index contributed by atoms with van der Waals surface area (Å²) >= 11 is 0. The first-order valence-corrected chi connectivity index (χ1v) is 11.1. The molecule has 2 aliphatic heterocycles. The van der Waals surface area contributed by atoms with Crippen molar-refractivity contribution in [3.8, 4) is 0 Å². The van der Waals surface area contributed by atoms with E-state index in [1.165, 1.54) is 10.5 Å². The SMILES string of the molecule is C[C@H](CCc1ccccc1)NC(=O)c1ccc(CN2C(=O)NC3(CCOCC3)C2=O)cc1. The van der Waals surface area contributed by atoms with Crippen LogP contribution in [0.3, 0.4) is 0 Å². The summed E-state index contributed by atoms with van der Waals surface area (Å²) in [6, 6.07) is 16.9. The van der Waals surface area contributed by atoms with Gasteiger partial charge in [-0.3, -0.25) is 14.5 Å². The van der Waals surface area contributed by atoms with Gasteiger partial charge in [-0.05, 0) is 43.0 Å². The van der Waals surface area contributed by atoms with E-state index < -0.39 is 5.54 Å². The zero-order valence-corrected chi connectivity index (χ0v) is 18.3. The number of carbonyl (C=O) groups excluding carboxylic acids is 3. The van der Waals surface area contributed by atoms with Crippen LogP contribution in [-0.4, -0.2) is 47.5 Å². The Labute approximate surface area is 188 Å². The van der Waals surface area contributed by atoms with Gasteiger partial charge in [0.05, 0.1) is 6.54 Å². The van der Waals surface area contributed by atoms with Crippen LogP contribution in [-0.2, 0) is 22.5 Å². The highest BCUT2D eigenvalue weighted by molar-refractivity contribution is 6.07. The average Bonchev–Trinajstić information content (AvgIpc) is 3.03. The van der Waals surface area contributed by atoms with Gasteiger partial charge in [-0.25, -0.2) is 4.79 Å². The summed E-state index contributed by atoms with van der Waals surface area (Å²) < 4.78 is 5.33. The molecular weight excluding hydrogens is 406 g/mol. The first-order chi connectivity index (χ1) is 15.5. The molecule has 4 rings (SSSR count). The molecule has 0 aromatic heterocycles. The Kier molecular flexibility index (Phi) is 6.55. The Bertz CT molecular complexity index is 968. The molecule has 168 valence electrons. The van der Waals surface area contributed by atoms with E-state index in [0.717, 1.165) is 18.4 Å². The minimum Gasteiger partial charge on any atom is -0.381 e. The maximum absolute atomic E-state index is 12.9. The fraction of sp³-hybridized carbons (Fsp3) is 0.400. The molecule has 2 N–H and O–H groups in total. The summed E-state index contributed by atoms with van der Waals surface area (Å²) in [5.74, 6) is -0.326. The van der Waals surface area contributed by atoms with E-state index >= 15 is 0 Å². The van der Waals surface area contributed by atoms with E-state index in [4.69, 9.17) is 4.74 Å². The summed E-state index contributed by atoms with van der Waals surface area (Å²) in [6.45, 7) is 3.11. The van der Waals surface area contributed by atoms with E-state index in [1.54, 1.807) is 24.3 Å². The molecule has 2 heterocycles. The zero-order chi connectivity index (χ0) is 22.6. The molecule has 0 unspecified atom stereocenters. The maximum Gasteiger partial charge on any atom is 0.325 e. The third-order valence-electron chi connectivity index (χ3n) is 6.24. The molecule has 2 fully saturated rings. The number of carbonyl (C=O) groups is 3. The molecule has 0 saturated carbocycles. The van der Waals surface area contributed by atoms with Gasteiger partial charge in [-0.1, -0.05) is 42.5 Å². The lowest BCUT2D eigenvalue weighted by Crippen LogP contribution is -2.51. The van der Waals surface area contributed by atoms with Crippen molar-refractivity contribution in [3.05, 3.63) is 71.3 Å². The average molecular weight is 436 g/mol. The minimum atomic E-state index is -0.828. The number of nitrogens with one attached hydrogen (secondary N) is 2. The lowest BCUT2D eigenvalue weighted by atomic mass is 9.90. The van der Waals surface area contributed by atoms with Crippen LogP contribution in [0.15, 0.2) is 54.6 Å². The van der Waals surface area contributed by atoms with Gasteiger partial charge in [0.25, 0.3) is 11.8 Å². The Hall–Kier alpha value is -3.19. The highest BCUT2D eigenvalue weighted by Gasteiger charge is 2.51. The third kappa shape index (κ3) is 4.83. The van der Waals surface area contributed by atoms with Crippen LogP contribution in [0.4, 0.5) is 4.79 Å². The van der Waals surface area contributed by atoms with Gasteiger partial charge in [-0.15, -0.1) is 0 Å². The normalized spacial score (nSPS) is 18.5. The van der Waals surface area contributed by atoms with Crippen molar-refractivity contribution in [2.24, 2.45) is 0 Å². The van der Waals surface area contributed by atoms with Crippen molar-refractivity contribution >= 4 is 17.8 Å². The molecule has 4 amide bonds. The highest BCUT2D eigenvalue weighted by Crippen LogP contribution is 2.29. The second-order valence-electron chi connectivity index (χ2n) is 8.61. The summed E-state index contributed by atoms with van der Waals surface area (Å²) in [5, 5.41) is 5.89. The molecule has 7 heteroatoms. The van der Waals surface area contributed by atoms with Crippen LogP contribution < -0.4 is 10.6 Å². The fourth-order valence-electron chi connectivity index (χ4n) is 4.23. The molecular formula is C25H29N3O4. The lowest BCUT2D eigenvalue weighted by molar-refractivity contribution is -0.134. The molecule has 1 atom stereocenters. The molecule has 2 aromatic carbocycles. The predicted molar refractivity (Wildman–Crippen MR) is 120 cm³/mol. The highest BCUT2D eigenvalue weighted by atomic mass is 16.5. The summed E-state index contributed by atoms with van der Waals surface area (Å²) in [4.78, 5) is 39.1. The topological polar surface area (TPSA) is 87.7 Å².